The van der Waals surface area contributed by atoms with Crippen LogP contribution in [0.1, 0.15) is 32.8 Å². The van der Waals surface area contributed by atoms with Gasteiger partial charge in [-0.25, -0.2) is 8.42 Å². The molecular formula is C32H40BrN3O8S. The highest BCUT2D eigenvalue weighted by Gasteiger charge is 2.35. The third-order valence-electron chi connectivity index (χ3n) is 7.29. The molecule has 0 saturated carbocycles. The summed E-state index contributed by atoms with van der Waals surface area (Å²) < 4.78 is 52.1. The van der Waals surface area contributed by atoms with E-state index in [4.69, 9.17) is 18.9 Å². The van der Waals surface area contributed by atoms with Crippen LogP contribution in [0.5, 0.6) is 23.0 Å². The molecule has 0 bridgehead atoms. The Kier molecular flexibility index (Phi) is 12.5. The van der Waals surface area contributed by atoms with Crippen molar-refractivity contribution in [2.45, 2.75) is 50.7 Å². The number of anilines is 1. The molecule has 3 rings (SSSR count). The van der Waals surface area contributed by atoms with Crippen LogP contribution in [-0.2, 0) is 26.2 Å². The van der Waals surface area contributed by atoms with Crippen molar-refractivity contribution in [2.75, 3.05) is 39.3 Å². The number of ether oxygens (including phenoxy) is 4. The van der Waals surface area contributed by atoms with Gasteiger partial charge >= 0.3 is 0 Å². The van der Waals surface area contributed by atoms with E-state index in [0.717, 1.165) is 14.3 Å². The van der Waals surface area contributed by atoms with Crippen molar-refractivity contribution in [3.8, 4) is 23.0 Å². The highest BCUT2D eigenvalue weighted by molar-refractivity contribution is 9.10. The normalized spacial score (nSPS) is 12.4. The smallest absolute Gasteiger partial charge is 0.265 e. The van der Waals surface area contributed by atoms with Crippen LogP contribution in [0.3, 0.4) is 0 Å². The predicted molar refractivity (Wildman–Crippen MR) is 176 cm³/mol. The van der Waals surface area contributed by atoms with Crippen LogP contribution < -0.4 is 28.6 Å². The first-order valence-corrected chi connectivity index (χ1v) is 16.4. The summed E-state index contributed by atoms with van der Waals surface area (Å²) in [4.78, 5) is 28.8. The molecule has 11 nitrogen and oxygen atoms in total. The van der Waals surface area contributed by atoms with Crippen molar-refractivity contribution >= 4 is 43.5 Å². The van der Waals surface area contributed by atoms with Gasteiger partial charge in [-0.05, 0) is 62.2 Å². The van der Waals surface area contributed by atoms with Crippen molar-refractivity contribution in [3.05, 3.63) is 70.7 Å². The molecule has 0 unspecified atom stereocenters. The molecule has 0 aliphatic carbocycles. The second-order valence-electron chi connectivity index (χ2n) is 10.2. The Labute approximate surface area is 273 Å². The van der Waals surface area contributed by atoms with E-state index in [2.05, 4.69) is 21.2 Å². The number of nitrogens with zero attached hydrogens (tertiary/aromatic N) is 2. The number of halogens is 1. The molecule has 0 aliphatic heterocycles. The molecule has 244 valence electrons. The second-order valence-corrected chi connectivity index (χ2v) is 13.0. The predicted octanol–water partition coefficient (Wildman–Crippen LogP) is 5.01. The van der Waals surface area contributed by atoms with Gasteiger partial charge in [0.1, 0.15) is 24.1 Å². The summed E-state index contributed by atoms with van der Waals surface area (Å²) in [6.07, 6.45) is 0.699. The monoisotopic (exact) mass is 705 g/mol. The maximum Gasteiger partial charge on any atom is 0.265 e. The van der Waals surface area contributed by atoms with Gasteiger partial charge in [0.2, 0.25) is 11.8 Å². The first-order valence-electron chi connectivity index (χ1n) is 14.2. The number of methoxy groups -OCH3 is 4. The van der Waals surface area contributed by atoms with Gasteiger partial charge in [0, 0.05) is 29.2 Å². The lowest BCUT2D eigenvalue weighted by molar-refractivity contribution is -0.139. The van der Waals surface area contributed by atoms with Crippen molar-refractivity contribution in [1.82, 2.24) is 10.2 Å². The fraction of sp³-hybridized carbons (Fsp3) is 0.375. The Balaban J connectivity index is 2.17. The standard InChI is InChI=1S/C32H40BrN3O8S/c1-8-21(2)34-32(38)22(3)35(19-23-10-9-11-24(33)16-23)31(37)20-36(27-17-25(41-4)12-14-28(27)42-5)45(39,40)26-13-15-29(43-6)30(18-26)44-7/h9-18,21-22H,8,19-20H2,1-7H3,(H,34,38)/t21-,22+/m0/s1. The van der Waals surface area contributed by atoms with Crippen LogP contribution >= 0.6 is 15.9 Å². The molecule has 0 heterocycles. The molecule has 2 amide bonds. The summed E-state index contributed by atoms with van der Waals surface area (Å²) in [5, 5.41) is 2.92. The SMILES string of the molecule is CC[C@H](C)NC(=O)[C@@H](C)N(Cc1cccc(Br)c1)C(=O)CN(c1cc(OC)ccc1OC)S(=O)(=O)c1ccc(OC)c(OC)c1. The minimum Gasteiger partial charge on any atom is -0.497 e. The number of rotatable bonds is 15. The maximum absolute atomic E-state index is 14.4. The Bertz CT molecular complexity index is 1600. The van der Waals surface area contributed by atoms with E-state index in [-0.39, 0.29) is 40.6 Å². The maximum atomic E-state index is 14.4. The first kappa shape index (κ1) is 35.5. The van der Waals surface area contributed by atoms with Gasteiger partial charge in [0.25, 0.3) is 10.0 Å². The third kappa shape index (κ3) is 8.60. The van der Waals surface area contributed by atoms with Crippen LogP contribution in [0, 0.1) is 0 Å². The molecule has 0 aliphatic rings. The molecule has 0 radical (unpaired) electrons. The van der Waals surface area contributed by atoms with E-state index < -0.39 is 28.5 Å². The summed E-state index contributed by atoms with van der Waals surface area (Å²) >= 11 is 3.46. The Morgan fingerprint density at radius 2 is 1.53 bits per heavy atom. The Morgan fingerprint density at radius 3 is 2.13 bits per heavy atom. The van der Waals surface area contributed by atoms with Gasteiger partial charge < -0.3 is 29.2 Å². The lowest BCUT2D eigenvalue weighted by Gasteiger charge is -2.33. The van der Waals surface area contributed by atoms with E-state index in [0.29, 0.717) is 17.9 Å². The zero-order chi connectivity index (χ0) is 33.3. The number of benzene rings is 3. The summed E-state index contributed by atoms with van der Waals surface area (Å²) in [6, 6.07) is 15.1. The van der Waals surface area contributed by atoms with Gasteiger partial charge in [-0.1, -0.05) is 35.0 Å². The molecular weight excluding hydrogens is 666 g/mol. The first-order chi connectivity index (χ1) is 21.4. The van der Waals surface area contributed by atoms with Crippen LogP contribution in [0.25, 0.3) is 0 Å². The largest absolute Gasteiger partial charge is 0.497 e. The molecule has 2 atom stereocenters. The van der Waals surface area contributed by atoms with Gasteiger partial charge in [-0.3, -0.25) is 13.9 Å². The topological polar surface area (TPSA) is 124 Å². The minimum atomic E-state index is -4.44. The van der Waals surface area contributed by atoms with Crippen molar-refractivity contribution < 1.29 is 37.0 Å². The second kappa shape index (κ2) is 15.8. The molecule has 3 aromatic carbocycles. The summed E-state index contributed by atoms with van der Waals surface area (Å²) in [5.74, 6) is 0.0805. The number of sulfonamides is 1. The fourth-order valence-electron chi connectivity index (χ4n) is 4.49. The number of carbonyl (C=O) groups excluding carboxylic acids is 2. The van der Waals surface area contributed by atoms with Crippen LogP contribution in [0.15, 0.2) is 70.0 Å². The molecule has 45 heavy (non-hydrogen) atoms. The zero-order valence-corrected chi connectivity index (χ0v) is 28.9. The van der Waals surface area contributed by atoms with Crippen molar-refractivity contribution in [1.29, 1.82) is 0 Å². The number of amides is 2. The van der Waals surface area contributed by atoms with Crippen molar-refractivity contribution in [2.24, 2.45) is 0 Å². The van der Waals surface area contributed by atoms with Gasteiger partial charge in [-0.15, -0.1) is 0 Å². The molecule has 3 aromatic rings. The van der Waals surface area contributed by atoms with Crippen LogP contribution in [0.2, 0.25) is 0 Å². The number of carbonyl (C=O) groups is 2. The van der Waals surface area contributed by atoms with E-state index in [1.54, 1.807) is 19.1 Å². The third-order valence-corrected chi connectivity index (χ3v) is 9.54. The van der Waals surface area contributed by atoms with Gasteiger partial charge in [0.05, 0.1) is 39.0 Å². The molecule has 0 aromatic heterocycles. The summed E-state index contributed by atoms with van der Waals surface area (Å²) in [7, 11) is 1.24. The quantitative estimate of drug-likeness (QED) is 0.234. The van der Waals surface area contributed by atoms with Crippen LogP contribution in [0.4, 0.5) is 5.69 Å². The lowest BCUT2D eigenvalue weighted by Crippen LogP contribution is -2.52. The van der Waals surface area contributed by atoms with Crippen LogP contribution in [-0.4, -0.2) is 72.2 Å². The van der Waals surface area contributed by atoms with E-state index in [9.17, 15) is 18.0 Å². The Hall–Kier alpha value is -3.97. The van der Waals surface area contributed by atoms with Gasteiger partial charge in [0.15, 0.2) is 11.5 Å². The Morgan fingerprint density at radius 1 is 0.867 bits per heavy atom. The average molecular weight is 707 g/mol. The molecule has 1 N–H and O–H groups in total. The summed E-state index contributed by atoms with van der Waals surface area (Å²) in [6.45, 7) is 4.82. The lowest BCUT2D eigenvalue weighted by atomic mass is 10.1. The number of hydrogen-bond acceptors (Lipinski definition) is 8. The molecule has 13 heteroatoms. The average Bonchev–Trinajstić information content (AvgIpc) is 3.04. The zero-order valence-electron chi connectivity index (χ0n) is 26.5. The number of nitrogens with one attached hydrogen (secondary N) is 1. The molecule has 0 fully saturated rings. The minimum absolute atomic E-state index is 0.0485. The molecule has 0 saturated heterocycles. The van der Waals surface area contributed by atoms with Gasteiger partial charge in [-0.2, -0.15) is 0 Å². The summed E-state index contributed by atoms with van der Waals surface area (Å²) in [5.41, 5.74) is 0.813. The fourth-order valence-corrected chi connectivity index (χ4v) is 6.37. The highest BCUT2D eigenvalue weighted by atomic mass is 79.9. The van der Waals surface area contributed by atoms with E-state index in [1.807, 2.05) is 38.1 Å². The highest BCUT2D eigenvalue weighted by Crippen LogP contribution is 2.38. The van der Waals surface area contributed by atoms with Crippen molar-refractivity contribution in [3.63, 3.8) is 0 Å². The number of hydrogen-bond donors (Lipinski definition) is 1. The van der Waals surface area contributed by atoms with E-state index in [1.165, 1.54) is 57.6 Å². The van der Waals surface area contributed by atoms with E-state index >= 15 is 0 Å². The molecule has 0 spiro atoms.